The summed E-state index contributed by atoms with van der Waals surface area (Å²) in [5.74, 6) is -0.679. The van der Waals surface area contributed by atoms with Gasteiger partial charge in [0.15, 0.2) is 0 Å². The van der Waals surface area contributed by atoms with Crippen LogP contribution in [0.25, 0.3) is 0 Å². The van der Waals surface area contributed by atoms with Gasteiger partial charge in [0.05, 0.1) is 6.61 Å². The number of amides is 3. The Morgan fingerprint density at radius 3 is 2.56 bits per heavy atom. The van der Waals surface area contributed by atoms with E-state index in [0.29, 0.717) is 38.1 Å². The Morgan fingerprint density at radius 1 is 1.15 bits per heavy atom. The second kappa shape index (κ2) is 12.9. The predicted molar refractivity (Wildman–Crippen MR) is 127 cm³/mol. The molecule has 3 amide bonds. The first kappa shape index (κ1) is 25.5. The molecule has 3 unspecified atom stereocenters. The van der Waals surface area contributed by atoms with Crippen LogP contribution < -0.4 is 16.0 Å². The Morgan fingerprint density at radius 2 is 1.91 bits per heavy atom. The lowest BCUT2D eigenvalue weighted by Crippen LogP contribution is -2.50. The quantitative estimate of drug-likeness (QED) is 0.302. The van der Waals surface area contributed by atoms with Crippen molar-refractivity contribution in [3.05, 3.63) is 48.0 Å². The lowest BCUT2D eigenvalue weighted by molar-refractivity contribution is -0.137. The molecule has 3 N–H and O–H groups in total. The molecule has 3 atom stereocenters. The molecule has 1 aromatic carbocycles. The number of carbonyl (C=O) groups excluding carboxylic acids is 4. The van der Waals surface area contributed by atoms with Crippen molar-refractivity contribution in [2.45, 2.75) is 64.0 Å². The van der Waals surface area contributed by atoms with Crippen molar-refractivity contribution >= 4 is 23.7 Å². The van der Waals surface area contributed by atoms with E-state index >= 15 is 0 Å². The smallest absolute Gasteiger partial charge is 0.330 e. The number of ether oxygens (including phenoxy) is 1. The first-order chi connectivity index (χ1) is 16.4. The second-order valence-corrected chi connectivity index (χ2v) is 9.03. The molecule has 8 nitrogen and oxygen atoms in total. The highest BCUT2D eigenvalue weighted by Gasteiger charge is 2.29. The van der Waals surface area contributed by atoms with Gasteiger partial charge in [-0.1, -0.05) is 49.2 Å². The van der Waals surface area contributed by atoms with Gasteiger partial charge in [0, 0.05) is 37.4 Å². The van der Waals surface area contributed by atoms with E-state index in [4.69, 9.17) is 4.74 Å². The molecular formula is C26H35N3O5. The Hall–Kier alpha value is -3.16. The third-order valence-electron chi connectivity index (χ3n) is 6.19. The topological polar surface area (TPSA) is 114 Å². The molecule has 1 aromatic rings. The normalized spacial score (nSPS) is 19.3. The van der Waals surface area contributed by atoms with E-state index in [-0.39, 0.29) is 30.2 Å². The van der Waals surface area contributed by atoms with Crippen molar-refractivity contribution in [2.24, 2.45) is 11.8 Å². The molecule has 8 heteroatoms. The maximum atomic E-state index is 13.3. The summed E-state index contributed by atoms with van der Waals surface area (Å²) in [4.78, 5) is 49.8. The van der Waals surface area contributed by atoms with Crippen molar-refractivity contribution in [1.82, 2.24) is 16.0 Å². The molecular weight excluding hydrogens is 434 g/mol. The van der Waals surface area contributed by atoms with Crippen molar-refractivity contribution in [3.63, 3.8) is 0 Å². The van der Waals surface area contributed by atoms with Gasteiger partial charge in [-0.05, 0) is 37.7 Å². The Bertz CT molecular complexity index is 882. The molecule has 0 bridgehead atoms. The van der Waals surface area contributed by atoms with Crippen LogP contribution in [0.4, 0.5) is 0 Å². The van der Waals surface area contributed by atoms with E-state index < -0.39 is 18.1 Å². The Kier molecular flexibility index (Phi) is 9.67. The third kappa shape index (κ3) is 8.65. The summed E-state index contributed by atoms with van der Waals surface area (Å²) in [6, 6.07) is 8.20. The van der Waals surface area contributed by atoms with Crippen molar-refractivity contribution in [3.8, 4) is 0 Å². The van der Waals surface area contributed by atoms with Gasteiger partial charge >= 0.3 is 5.97 Å². The van der Waals surface area contributed by atoms with Crippen LogP contribution in [0.5, 0.6) is 0 Å². The van der Waals surface area contributed by atoms with Crippen LogP contribution in [0.3, 0.4) is 0 Å². The summed E-state index contributed by atoms with van der Waals surface area (Å²) in [6.45, 7) is 2.56. The van der Waals surface area contributed by atoms with E-state index in [1.54, 1.807) is 13.0 Å². The molecule has 2 fully saturated rings. The standard InChI is InChI=1S/C26H35N3O5/c1-2-34-24(31)13-11-21(17-20-14-15-27-25(20)32)28-26(33)22(16-19-6-4-3-5-7-19)29-23(30)12-10-18-8-9-18/h3-7,11,13,18,20-22H,2,8-10,12,14-17H2,1H3,(H,27,32)(H,28,33)(H,29,30). The van der Waals surface area contributed by atoms with E-state index in [0.717, 1.165) is 12.0 Å². The minimum Gasteiger partial charge on any atom is -0.463 e. The number of nitrogens with one attached hydrogen (secondary N) is 3. The molecule has 1 heterocycles. The van der Waals surface area contributed by atoms with E-state index in [1.165, 1.54) is 18.9 Å². The average Bonchev–Trinajstić information content (AvgIpc) is 3.57. The number of hydrogen-bond acceptors (Lipinski definition) is 5. The molecule has 34 heavy (non-hydrogen) atoms. The average molecular weight is 470 g/mol. The fraction of sp³-hybridized carbons (Fsp3) is 0.538. The van der Waals surface area contributed by atoms with Crippen LogP contribution in [-0.2, 0) is 30.3 Å². The molecule has 0 aromatic heterocycles. The molecule has 1 aliphatic carbocycles. The maximum Gasteiger partial charge on any atom is 0.330 e. The minimum absolute atomic E-state index is 0.0574. The fourth-order valence-electron chi connectivity index (χ4n) is 4.10. The van der Waals surface area contributed by atoms with Gasteiger partial charge in [-0.3, -0.25) is 14.4 Å². The van der Waals surface area contributed by atoms with Crippen LogP contribution in [0, 0.1) is 11.8 Å². The van der Waals surface area contributed by atoms with E-state index in [9.17, 15) is 19.2 Å². The molecule has 3 rings (SSSR count). The molecule has 1 aliphatic heterocycles. The monoisotopic (exact) mass is 469 g/mol. The number of carbonyl (C=O) groups is 4. The molecule has 2 aliphatic rings. The highest BCUT2D eigenvalue weighted by atomic mass is 16.5. The van der Waals surface area contributed by atoms with Crippen LogP contribution >= 0.6 is 0 Å². The van der Waals surface area contributed by atoms with Crippen molar-refractivity contribution < 1.29 is 23.9 Å². The summed E-state index contributed by atoms with van der Waals surface area (Å²) in [5.41, 5.74) is 0.930. The first-order valence-corrected chi connectivity index (χ1v) is 12.2. The minimum atomic E-state index is -0.759. The predicted octanol–water partition coefficient (Wildman–Crippen LogP) is 2.03. The van der Waals surface area contributed by atoms with Gasteiger partial charge in [-0.2, -0.15) is 0 Å². The lowest BCUT2D eigenvalue weighted by atomic mass is 9.97. The molecule has 0 radical (unpaired) electrons. The number of esters is 1. The van der Waals surface area contributed by atoms with E-state index in [1.807, 2.05) is 30.3 Å². The molecule has 184 valence electrons. The second-order valence-electron chi connectivity index (χ2n) is 9.03. The zero-order valence-electron chi connectivity index (χ0n) is 19.8. The summed E-state index contributed by atoms with van der Waals surface area (Å²) in [6.07, 6.45) is 7.81. The lowest BCUT2D eigenvalue weighted by Gasteiger charge is -2.23. The van der Waals surface area contributed by atoms with Gasteiger partial charge in [0.1, 0.15) is 6.04 Å². The summed E-state index contributed by atoms with van der Waals surface area (Å²) >= 11 is 0. The highest BCUT2D eigenvalue weighted by molar-refractivity contribution is 5.88. The summed E-state index contributed by atoms with van der Waals surface area (Å²) in [5, 5.41) is 8.63. The zero-order chi connectivity index (χ0) is 24.3. The van der Waals surface area contributed by atoms with Crippen LogP contribution in [-0.4, -0.2) is 48.9 Å². The van der Waals surface area contributed by atoms with Gasteiger partial charge in [-0.15, -0.1) is 0 Å². The van der Waals surface area contributed by atoms with Crippen LogP contribution in [0.1, 0.15) is 51.0 Å². The first-order valence-electron chi connectivity index (χ1n) is 12.2. The van der Waals surface area contributed by atoms with Gasteiger partial charge < -0.3 is 20.7 Å². The number of benzene rings is 1. The van der Waals surface area contributed by atoms with Gasteiger partial charge in [0.25, 0.3) is 0 Å². The number of rotatable bonds is 13. The molecule has 1 saturated carbocycles. The number of hydrogen-bond donors (Lipinski definition) is 3. The maximum absolute atomic E-state index is 13.3. The Labute approximate surface area is 200 Å². The molecule has 1 saturated heterocycles. The van der Waals surface area contributed by atoms with Crippen molar-refractivity contribution in [1.29, 1.82) is 0 Å². The fourth-order valence-corrected chi connectivity index (χ4v) is 4.10. The Balaban J connectivity index is 1.69. The summed E-state index contributed by atoms with van der Waals surface area (Å²) in [7, 11) is 0. The SMILES string of the molecule is CCOC(=O)C=CC(CC1CCNC1=O)NC(=O)C(Cc1ccccc1)NC(=O)CCC1CC1. The summed E-state index contributed by atoms with van der Waals surface area (Å²) < 4.78 is 4.94. The largest absolute Gasteiger partial charge is 0.463 e. The van der Waals surface area contributed by atoms with Gasteiger partial charge in [-0.25, -0.2) is 4.79 Å². The van der Waals surface area contributed by atoms with Crippen LogP contribution in [0.15, 0.2) is 42.5 Å². The van der Waals surface area contributed by atoms with E-state index in [2.05, 4.69) is 16.0 Å². The highest BCUT2D eigenvalue weighted by Crippen LogP contribution is 2.33. The zero-order valence-corrected chi connectivity index (χ0v) is 19.8. The molecule has 0 spiro atoms. The van der Waals surface area contributed by atoms with Crippen LogP contribution in [0.2, 0.25) is 0 Å². The van der Waals surface area contributed by atoms with Crippen molar-refractivity contribution in [2.75, 3.05) is 13.2 Å². The third-order valence-corrected chi connectivity index (χ3v) is 6.19. The van der Waals surface area contributed by atoms with Gasteiger partial charge in [0.2, 0.25) is 17.7 Å².